The zero-order valence-corrected chi connectivity index (χ0v) is 48.1. The maximum Gasteiger partial charge on any atom is 0.220 e. The van der Waals surface area contributed by atoms with Crippen LogP contribution in [0.5, 0.6) is 0 Å². The summed E-state index contributed by atoms with van der Waals surface area (Å²) < 4.78 is 0. The number of allylic oxidation sites excluding steroid dienone is 4. The molecular formula is C66H129NO3. The first kappa shape index (κ1) is 68.9. The first-order chi connectivity index (χ1) is 34.7. The third-order valence-electron chi connectivity index (χ3n) is 15.5. The van der Waals surface area contributed by atoms with Crippen LogP contribution in [0.4, 0.5) is 0 Å². The highest BCUT2D eigenvalue weighted by Crippen LogP contribution is 2.19. The Morgan fingerprint density at radius 2 is 0.586 bits per heavy atom. The van der Waals surface area contributed by atoms with Crippen LogP contribution in [-0.4, -0.2) is 34.9 Å². The molecule has 0 radical (unpaired) electrons. The van der Waals surface area contributed by atoms with Gasteiger partial charge in [-0.05, 0) is 44.9 Å². The second kappa shape index (κ2) is 62.2. The number of nitrogens with one attached hydrogen (secondary N) is 1. The molecule has 4 nitrogen and oxygen atoms in total. The lowest BCUT2D eigenvalue weighted by atomic mass is 10.0. The van der Waals surface area contributed by atoms with E-state index in [1.165, 1.54) is 315 Å². The smallest absolute Gasteiger partial charge is 0.220 e. The summed E-state index contributed by atoms with van der Waals surface area (Å²) in [4.78, 5) is 12.5. The molecule has 0 aromatic rings. The van der Waals surface area contributed by atoms with Crippen molar-refractivity contribution in [3.05, 3.63) is 24.3 Å². The number of hydrogen-bond donors (Lipinski definition) is 3. The lowest BCUT2D eigenvalue weighted by Gasteiger charge is -2.22. The van der Waals surface area contributed by atoms with Crippen LogP contribution in [0.15, 0.2) is 24.3 Å². The van der Waals surface area contributed by atoms with Crippen LogP contribution in [0.2, 0.25) is 0 Å². The first-order valence-corrected chi connectivity index (χ1v) is 32.5. The van der Waals surface area contributed by atoms with Crippen LogP contribution in [-0.2, 0) is 4.79 Å². The molecule has 0 aromatic heterocycles. The van der Waals surface area contributed by atoms with Crippen molar-refractivity contribution >= 4 is 5.91 Å². The van der Waals surface area contributed by atoms with Gasteiger partial charge in [-0.25, -0.2) is 0 Å². The number of carbonyl (C=O) groups excluding carboxylic acids is 1. The third kappa shape index (κ3) is 57.8. The predicted molar refractivity (Wildman–Crippen MR) is 313 cm³/mol. The van der Waals surface area contributed by atoms with Crippen molar-refractivity contribution < 1.29 is 15.0 Å². The minimum Gasteiger partial charge on any atom is -0.394 e. The van der Waals surface area contributed by atoms with E-state index >= 15 is 0 Å². The van der Waals surface area contributed by atoms with Gasteiger partial charge in [-0.2, -0.15) is 0 Å². The summed E-state index contributed by atoms with van der Waals surface area (Å²) in [6.45, 7) is 4.40. The van der Waals surface area contributed by atoms with E-state index in [1.54, 1.807) is 0 Å². The molecule has 0 aromatic carbocycles. The van der Waals surface area contributed by atoms with E-state index in [2.05, 4.69) is 43.5 Å². The van der Waals surface area contributed by atoms with E-state index in [-0.39, 0.29) is 12.5 Å². The summed E-state index contributed by atoms with van der Waals surface area (Å²) in [5.74, 6) is -0.0240. The lowest BCUT2D eigenvalue weighted by Crippen LogP contribution is -2.45. The molecule has 0 fully saturated rings. The molecule has 0 aliphatic carbocycles. The lowest BCUT2D eigenvalue weighted by molar-refractivity contribution is -0.123. The second-order valence-corrected chi connectivity index (χ2v) is 22.5. The molecule has 0 saturated carbocycles. The van der Waals surface area contributed by atoms with E-state index in [0.29, 0.717) is 12.8 Å². The molecular weight excluding hydrogens is 855 g/mol. The van der Waals surface area contributed by atoms with Crippen molar-refractivity contribution in [2.45, 2.75) is 386 Å². The highest BCUT2D eigenvalue weighted by Gasteiger charge is 2.20. The molecule has 4 heteroatoms. The van der Waals surface area contributed by atoms with Crippen LogP contribution in [0, 0.1) is 0 Å². The number of aliphatic hydroxyl groups is 2. The summed E-state index contributed by atoms with van der Waals surface area (Å²) in [7, 11) is 0. The minimum atomic E-state index is -0.659. The fraction of sp³-hybridized carbons (Fsp3) is 0.924. The van der Waals surface area contributed by atoms with Gasteiger partial charge in [0.2, 0.25) is 5.91 Å². The predicted octanol–water partition coefficient (Wildman–Crippen LogP) is 21.8. The molecule has 0 heterocycles. The SMILES string of the molecule is CCCCCCCCCCCCCCC/C=C\C/C=C\CCCCCCCCCCCCCCCCCCCC(=O)NC(CO)C(O)CCCCCCCCCCCCCCCCCCCCCCC. The standard InChI is InChI=1S/C66H129NO3/c1-3-5-7-9-11-13-15-17-19-21-23-25-26-27-28-29-30-31-32-33-34-35-36-37-38-39-40-42-44-46-48-50-52-54-56-58-60-62-66(70)67-64(63-68)65(69)61-59-57-55-53-51-49-47-45-43-41-24-22-20-18-16-14-12-10-8-6-4-2/h28-29,31-32,64-65,68-69H,3-27,30,33-63H2,1-2H3,(H,67,70)/b29-28-,32-31-. The average Bonchev–Trinajstić information content (AvgIpc) is 3.36. The maximum atomic E-state index is 12.5. The van der Waals surface area contributed by atoms with Crippen LogP contribution in [0.3, 0.4) is 0 Å². The monoisotopic (exact) mass is 984 g/mol. The molecule has 0 bridgehead atoms. The zero-order valence-electron chi connectivity index (χ0n) is 48.1. The second-order valence-electron chi connectivity index (χ2n) is 22.5. The topological polar surface area (TPSA) is 69.6 Å². The number of unbranched alkanes of at least 4 members (excludes halogenated alkanes) is 50. The minimum absolute atomic E-state index is 0.0240. The van der Waals surface area contributed by atoms with Gasteiger partial charge in [0, 0.05) is 6.42 Å². The average molecular weight is 985 g/mol. The largest absolute Gasteiger partial charge is 0.394 e. The van der Waals surface area contributed by atoms with Crippen molar-refractivity contribution in [3.8, 4) is 0 Å². The van der Waals surface area contributed by atoms with Gasteiger partial charge in [-0.1, -0.05) is 346 Å². The van der Waals surface area contributed by atoms with Gasteiger partial charge < -0.3 is 15.5 Å². The quantitative estimate of drug-likeness (QED) is 0.0420. The van der Waals surface area contributed by atoms with Crippen LogP contribution in [0.25, 0.3) is 0 Å². The fourth-order valence-electron chi connectivity index (χ4n) is 10.5. The Morgan fingerprint density at radius 3 is 0.857 bits per heavy atom. The molecule has 2 unspecified atom stereocenters. The van der Waals surface area contributed by atoms with Gasteiger partial charge in [0.25, 0.3) is 0 Å². The van der Waals surface area contributed by atoms with E-state index < -0.39 is 12.1 Å². The van der Waals surface area contributed by atoms with Gasteiger partial charge in [0.1, 0.15) is 0 Å². The Bertz CT molecular complexity index is 1020. The summed E-state index contributed by atoms with van der Waals surface area (Å²) >= 11 is 0. The van der Waals surface area contributed by atoms with E-state index in [1.807, 2.05) is 0 Å². The van der Waals surface area contributed by atoms with Crippen LogP contribution in [0.1, 0.15) is 373 Å². The van der Waals surface area contributed by atoms with E-state index in [4.69, 9.17) is 0 Å². The summed E-state index contributed by atoms with van der Waals surface area (Å²) in [5, 5.41) is 23.4. The number of amides is 1. The van der Waals surface area contributed by atoms with Gasteiger partial charge in [0.15, 0.2) is 0 Å². The maximum absolute atomic E-state index is 12.5. The normalized spacial score (nSPS) is 12.8. The number of aliphatic hydroxyl groups excluding tert-OH is 2. The highest BCUT2D eigenvalue weighted by molar-refractivity contribution is 5.76. The Kier molecular flexibility index (Phi) is 61.2. The molecule has 3 N–H and O–H groups in total. The Hall–Kier alpha value is -1.13. The van der Waals surface area contributed by atoms with Crippen molar-refractivity contribution in [2.24, 2.45) is 0 Å². The van der Waals surface area contributed by atoms with E-state index in [9.17, 15) is 15.0 Å². The van der Waals surface area contributed by atoms with Gasteiger partial charge in [0.05, 0.1) is 18.8 Å². The number of hydrogen-bond acceptors (Lipinski definition) is 3. The molecule has 0 saturated heterocycles. The van der Waals surface area contributed by atoms with Gasteiger partial charge >= 0.3 is 0 Å². The van der Waals surface area contributed by atoms with Gasteiger partial charge in [-0.3, -0.25) is 4.79 Å². The number of carbonyl (C=O) groups is 1. The fourth-order valence-corrected chi connectivity index (χ4v) is 10.5. The third-order valence-corrected chi connectivity index (χ3v) is 15.5. The Labute approximate surface area is 440 Å². The van der Waals surface area contributed by atoms with Crippen molar-refractivity contribution in [1.29, 1.82) is 0 Å². The summed E-state index contributed by atoms with van der Waals surface area (Å²) in [6, 6.07) is -0.535. The Morgan fingerprint density at radius 1 is 0.343 bits per heavy atom. The van der Waals surface area contributed by atoms with Crippen LogP contribution >= 0.6 is 0 Å². The van der Waals surface area contributed by atoms with E-state index in [0.717, 1.165) is 32.1 Å². The first-order valence-electron chi connectivity index (χ1n) is 32.5. The van der Waals surface area contributed by atoms with Crippen LogP contribution < -0.4 is 5.32 Å². The molecule has 70 heavy (non-hydrogen) atoms. The highest BCUT2D eigenvalue weighted by atomic mass is 16.3. The summed E-state index contributed by atoms with van der Waals surface area (Å²) in [5.41, 5.74) is 0. The van der Waals surface area contributed by atoms with Crippen molar-refractivity contribution in [3.63, 3.8) is 0 Å². The van der Waals surface area contributed by atoms with Gasteiger partial charge in [-0.15, -0.1) is 0 Å². The van der Waals surface area contributed by atoms with Crippen molar-refractivity contribution in [1.82, 2.24) is 5.32 Å². The zero-order chi connectivity index (χ0) is 50.6. The molecule has 0 aliphatic heterocycles. The molecule has 2 atom stereocenters. The molecule has 0 rings (SSSR count). The molecule has 0 spiro atoms. The molecule has 0 aliphatic rings. The molecule has 1 amide bonds. The Balaban J connectivity index is 3.39. The number of rotatable bonds is 61. The van der Waals surface area contributed by atoms with Crippen molar-refractivity contribution in [2.75, 3.05) is 6.61 Å². The molecule has 416 valence electrons. The summed E-state index contributed by atoms with van der Waals surface area (Å²) in [6.07, 6.45) is 83.6.